The number of nitrogens with one attached hydrogen (secondary N) is 2. The van der Waals surface area contributed by atoms with Crippen molar-refractivity contribution in [1.82, 2.24) is 10.6 Å². The molecule has 1 aromatic rings. The second-order valence-corrected chi connectivity index (χ2v) is 6.17. The average molecular weight is 461 g/mol. The molecule has 25 heavy (non-hydrogen) atoms. The van der Waals surface area contributed by atoms with Crippen LogP contribution in [0.4, 0.5) is 0 Å². The van der Waals surface area contributed by atoms with Gasteiger partial charge in [-0.15, -0.1) is 24.0 Å². The van der Waals surface area contributed by atoms with Crippen LogP contribution < -0.4 is 20.1 Å². The van der Waals surface area contributed by atoms with Crippen LogP contribution in [0, 0.1) is 0 Å². The van der Waals surface area contributed by atoms with Gasteiger partial charge in [0.2, 0.25) is 6.79 Å². The molecule has 0 aromatic heterocycles. The Bertz CT molecular complexity index is 562. The topological polar surface area (TPSA) is 64.1 Å². The highest BCUT2D eigenvalue weighted by molar-refractivity contribution is 14.0. The van der Waals surface area contributed by atoms with Crippen molar-refractivity contribution in [3.63, 3.8) is 0 Å². The van der Waals surface area contributed by atoms with Crippen LogP contribution in [0.5, 0.6) is 11.5 Å². The number of ether oxygens (including phenoxy) is 3. The Morgan fingerprint density at radius 1 is 1.20 bits per heavy atom. The molecule has 0 amide bonds. The molecule has 1 fully saturated rings. The molecule has 0 unspecified atom stereocenters. The first-order valence-electron chi connectivity index (χ1n) is 8.80. The third kappa shape index (κ3) is 6.22. The van der Waals surface area contributed by atoms with Gasteiger partial charge < -0.3 is 24.8 Å². The molecule has 2 N–H and O–H groups in total. The van der Waals surface area contributed by atoms with E-state index in [2.05, 4.69) is 15.6 Å². The van der Waals surface area contributed by atoms with Gasteiger partial charge in [-0.05, 0) is 37.0 Å². The van der Waals surface area contributed by atoms with Crippen LogP contribution in [0.3, 0.4) is 0 Å². The monoisotopic (exact) mass is 461 g/mol. The molecular formula is C18H28IN3O3. The molecular weight excluding hydrogens is 433 g/mol. The van der Waals surface area contributed by atoms with Gasteiger partial charge in [-0.3, -0.25) is 4.99 Å². The predicted octanol–water partition coefficient (Wildman–Crippen LogP) is 3.05. The van der Waals surface area contributed by atoms with E-state index in [0.717, 1.165) is 42.6 Å². The summed E-state index contributed by atoms with van der Waals surface area (Å²) in [6.45, 7) is 2.66. The molecule has 1 aliphatic heterocycles. The second kappa shape index (κ2) is 10.7. The average Bonchev–Trinajstić information content (AvgIpc) is 3.28. The van der Waals surface area contributed by atoms with Gasteiger partial charge in [-0.2, -0.15) is 0 Å². The summed E-state index contributed by atoms with van der Waals surface area (Å²) in [4.78, 5) is 4.25. The summed E-state index contributed by atoms with van der Waals surface area (Å²) >= 11 is 0. The third-order valence-electron chi connectivity index (χ3n) is 4.39. The lowest BCUT2D eigenvalue weighted by atomic mass is 10.2. The van der Waals surface area contributed by atoms with Crippen LogP contribution in [0.1, 0.15) is 37.7 Å². The lowest BCUT2D eigenvalue weighted by molar-refractivity contribution is 0.0574. The number of aliphatic imine (C=N–C) groups is 1. The Hall–Kier alpha value is -1.22. The fourth-order valence-corrected chi connectivity index (χ4v) is 3.04. The largest absolute Gasteiger partial charge is 0.454 e. The number of nitrogens with zero attached hydrogens (tertiary/aromatic N) is 1. The van der Waals surface area contributed by atoms with Gasteiger partial charge in [0.25, 0.3) is 0 Å². The maximum atomic E-state index is 5.86. The number of halogens is 1. The first-order valence-corrected chi connectivity index (χ1v) is 8.80. The van der Waals surface area contributed by atoms with Gasteiger partial charge in [-0.1, -0.05) is 18.9 Å². The Labute approximate surface area is 166 Å². The lowest BCUT2D eigenvalue weighted by Crippen LogP contribution is -2.37. The molecule has 0 saturated heterocycles. The smallest absolute Gasteiger partial charge is 0.231 e. The fraction of sp³-hybridized carbons (Fsp3) is 0.611. The van der Waals surface area contributed by atoms with Crippen molar-refractivity contribution in [3.05, 3.63) is 23.8 Å². The van der Waals surface area contributed by atoms with Gasteiger partial charge >= 0.3 is 0 Å². The maximum absolute atomic E-state index is 5.86. The van der Waals surface area contributed by atoms with Crippen molar-refractivity contribution in [3.8, 4) is 11.5 Å². The number of hydrogen-bond donors (Lipinski definition) is 2. The van der Waals surface area contributed by atoms with Crippen LogP contribution in [0.15, 0.2) is 23.2 Å². The zero-order chi connectivity index (χ0) is 16.6. The minimum atomic E-state index is 0. The zero-order valence-corrected chi connectivity index (χ0v) is 17.1. The molecule has 3 rings (SSSR count). The van der Waals surface area contributed by atoms with Crippen molar-refractivity contribution < 1.29 is 14.2 Å². The molecule has 0 atom stereocenters. The normalized spacial score (nSPS) is 16.6. The van der Waals surface area contributed by atoms with Gasteiger partial charge in [-0.25, -0.2) is 0 Å². The minimum Gasteiger partial charge on any atom is -0.454 e. The zero-order valence-electron chi connectivity index (χ0n) is 14.8. The summed E-state index contributed by atoms with van der Waals surface area (Å²) in [6.07, 6.45) is 6.58. The third-order valence-corrected chi connectivity index (χ3v) is 4.39. The van der Waals surface area contributed by atoms with E-state index in [1.165, 1.54) is 25.7 Å². The van der Waals surface area contributed by atoms with Crippen LogP contribution in [0.2, 0.25) is 0 Å². The Morgan fingerprint density at radius 3 is 2.80 bits per heavy atom. The van der Waals surface area contributed by atoms with Crippen molar-refractivity contribution in [1.29, 1.82) is 0 Å². The molecule has 0 bridgehead atoms. The first-order chi connectivity index (χ1) is 11.8. The molecule has 1 aromatic carbocycles. The van der Waals surface area contributed by atoms with Gasteiger partial charge in [0.15, 0.2) is 17.5 Å². The SMILES string of the molecule is CN=C(NCCCOC1CCCC1)NCc1ccc2c(c1)OCO2.I. The Balaban J connectivity index is 0.00000225. The Morgan fingerprint density at radius 2 is 2.00 bits per heavy atom. The summed E-state index contributed by atoms with van der Waals surface area (Å²) in [7, 11) is 1.78. The highest BCUT2D eigenvalue weighted by Crippen LogP contribution is 2.32. The van der Waals surface area contributed by atoms with E-state index in [1.54, 1.807) is 7.05 Å². The first kappa shape index (κ1) is 20.1. The van der Waals surface area contributed by atoms with E-state index < -0.39 is 0 Å². The molecule has 140 valence electrons. The summed E-state index contributed by atoms with van der Waals surface area (Å²) < 4.78 is 16.6. The summed E-state index contributed by atoms with van der Waals surface area (Å²) in [6, 6.07) is 5.97. The lowest BCUT2D eigenvalue weighted by Gasteiger charge is -2.14. The Kier molecular flexibility index (Phi) is 8.60. The van der Waals surface area contributed by atoms with E-state index in [9.17, 15) is 0 Å². The summed E-state index contributed by atoms with van der Waals surface area (Å²) in [5.41, 5.74) is 1.13. The molecule has 0 radical (unpaired) electrons. The number of hydrogen-bond acceptors (Lipinski definition) is 4. The molecule has 1 heterocycles. The van der Waals surface area contributed by atoms with E-state index in [4.69, 9.17) is 14.2 Å². The van der Waals surface area contributed by atoms with Crippen LogP contribution in [-0.2, 0) is 11.3 Å². The van der Waals surface area contributed by atoms with E-state index in [1.807, 2.05) is 18.2 Å². The van der Waals surface area contributed by atoms with E-state index in [0.29, 0.717) is 19.4 Å². The maximum Gasteiger partial charge on any atom is 0.231 e. The quantitative estimate of drug-likeness (QED) is 0.283. The van der Waals surface area contributed by atoms with Crippen LogP contribution in [0.25, 0.3) is 0 Å². The summed E-state index contributed by atoms with van der Waals surface area (Å²) in [5.74, 6) is 2.42. The number of guanidine groups is 1. The van der Waals surface area contributed by atoms with Crippen molar-refractivity contribution >= 4 is 29.9 Å². The molecule has 0 spiro atoms. The fourth-order valence-electron chi connectivity index (χ4n) is 3.04. The molecule has 7 heteroatoms. The molecule has 2 aliphatic rings. The molecule has 1 aliphatic carbocycles. The van der Waals surface area contributed by atoms with Gasteiger partial charge in [0.1, 0.15) is 0 Å². The highest BCUT2D eigenvalue weighted by atomic mass is 127. The number of fused-ring (bicyclic) bond motifs is 1. The second-order valence-electron chi connectivity index (χ2n) is 6.17. The van der Waals surface area contributed by atoms with Crippen molar-refractivity contribution in [2.45, 2.75) is 44.8 Å². The minimum absolute atomic E-state index is 0. The van der Waals surface area contributed by atoms with E-state index in [-0.39, 0.29) is 24.0 Å². The number of benzene rings is 1. The van der Waals surface area contributed by atoms with Gasteiger partial charge in [0, 0.05) is 26.7 Å². The molecule has 6 nitrogen and oxygen atoms in total. The van der Waals surface area contributed by atoms with Crippen molar-refractivity contribution in [2.75, 3.05) is 27.0 Å². The van der Waals surface area contributed by atoms with Crippen molar-refractivity contribution in [2.24, 2.45) is 4.99 Å². The van der Waals surface area contributed by atoms with Crippen LogP contribution in [-0.4, -0.2) is 39.1 Å². The van der Waals surface area contributed by atoms with Gasteiger partial charge in [0.05, 0.1) is 6.10 Å². The summed E-state index contributed by atoms with van der Waals surface area (Å²) in [5, 5.41) is 6.63. The highest BCUT2D eigenvalue weighted by Gasteiger charge is 2.15. The predicted molar refractivity (Wildman–Crippen MR) is 109 cm³/mol. The molecule has 1 saturated carbocycles. The standard InChI is InChI=1S/C18H27N3O3.HI/c1-19-18(20-9-4-10-22-15-5-2-3-6-15)21-12-14-7-8-16-17(11-14)24-13-23-16;/h7-8,11,15H,2-6,9-10,12-13H2,1H3,(H2,19,20,21);1H. The van der Waals surface area contributed by atoms with Crippen LogP contribution >= 0.6 is 24.0 Å². The number of rotatable bonds is 7. The van der Waals surface area contributed by atoms with E-state index >= 15 is 0 Å².